The normalized spacial score (nSPS) is 16.1. The van der Waals surface area contributed by atoms with Crippen LogP contribution in [0.5, 0.6) is 0 Å². The fraction of sp³-hybridized carbons (Fsp3) is 0.692. The van der Waals surface area contributed by atoms with Crippen molar-refractivity contribution in [3.63, 3.8) is 0 Å². The number of hydrogen-bond donors (Lipinski definition) is 2. The van der Waals surface area contributed by atoms with E-state index >= 15 is 0 Å². The van der Waals surface area contributed by atoms with Gasteiger partial charge in [-0.1, -0.05) is 19.8 Å². The predicted molar refractivity (Wildman–Crippen MR) is 71.0 cm³/mol. The van der Waals surface area contributed by atoms with Crippen molar-refractivity contribution in [2.45, 2.75) is 51.6 Å². The highest BCUT2D eigenvalue weighted by molar-refractivity contribution is 5.35. The second-order valence-electron chi connectivity index (χ2n) is 4.77. The van der Waals surface area contributed by atoms with Crippen LogP contribution in [0.15, 0.2) is 6.07 Å². The Labute approximate surface area is 108 Å². The van der Waals surface area contributed by atoms with Crippen molar-refractivity contribution in [2.24, 2.45) is 5.84 Å². The van der Waals surface area contributed by atoms with Crippen molar-refractivity contribution in [1.82, 2.24) is 9.97 Å². The first-order valence-electron chi connectivity index (χ1n) is 6.75. The molecule has 18 heavy (non-hydrogen) atoms. The van der Waals surface area contributed by atoms with Gasteiger partial charge in [0.2, 0.25) is 0 Å². The third-order valence-electron chi connectivity index (χ3n) is 3.29. The van der Waals surface area contributed by atoms with E-state index in [1.165, 1.54) is 25.7 Å². The second-order valence-corrected chi connectivity index (χ2v) is 4.77. The van der Waals surface area contributed by atoms with Gasteiger partial charge >= 0.3 is 0 Å². The summed E-state index contributed by atoms with van der Waals surface area (Å²) in [7, 11) is 0. The van der Waals surface area contributed by atoms with Gasteiger partial charge in [0.15, 0.2) is 5.82 Å². The molecule has 1 saturated carbocycles. The molecule has 1 aliphatic rings. The monoisotopic (exact) mass is 250 g/mol. The summed E-state index contributed by atoms with van der Waals surface area (Å²) in [6, 6.07) is 1.96. The van der Waals surface area contributed by atoms with Crippen molar-refractivity contribution in [1.29, 1.82) is 0 Å². The molecule has 5 nitrogen and oxygen atoms in total. The minimum atomic E-state index is 0.461. The number of ether oxygens (including phenoxy) is 1. The van der Waals surface area contributed by atoms with E-state index in [4.69, 9.17) is 10.6 Å². The molecule has 0 aliphatic heterocycles. The van der Waals surface area contributed by atoms with Gasteiger partial charge in [-0.3, -0.25) is 0 Å². The SMILES string of the molecule is CCCOCc1nc(NN)cc(C2CCCC2)n1. The van der Waals surface area contributed by atoms with Gasteiger partial charge < -0.3 is 10.2 Å². The van der Waals surface area contributed by atoms with Gasteiger partial charge in [-0.2, -0.15) is 0 Å². The highest BCUT2D eigenvalue weighted by Crippen LogP contribution is 2.33. The van der Waals surface area contributed by atoms with Crippen LogP contribution in [0, 0.1) is 0 Å². The molecule has 0 atom stereocenters. The Morgan fingerprint density at radius 2 is 2.17 bits per heavy atom. The maximum atomic E-state index is 5.49. The zero-order valence-electron chi connectivity index (χ0n) is 11.0. The molecule has 0 bridgehead atoms. The first-order chi connectivity index (χ1) is 8.83. The number of hydrogen-bond acceptors (Lipinski definition) is 5. The van der Waals surface area contributed by atoms with E-state index in [1.807, 2.05) is 6.07 Å². The maximum absolute atomic E-state index is 5.49. The van der Waals surface area contributed by atoms with Crippen LogP contribution >= 0.6 is 0 Å². The molecule has 0 saturated heterocycles. The number of rotatable bonds is 6. The minimum absolute atomic E-state index is 0.461. The fourth-order valence-corrected chi connectivity index (χ4v) is 2.39. The molecule has 1 aromatic heterocycles. The van der Waals surface area contributed by atoms with Crippen LogP contribution in [0.4, 0.5) is 5.82 Å². The molecular formula is C13H22N4O. The Hall–Kier alpha value is -1.20. The first-order valence-corrected chi connectivity index (χ1v) is 6.75. The van der Waals surface area contributed by atoms with Gasteiger partial charge in [0.05, 0.1) is 0 Å². The summed E-state index contributed by atoms with van der Waals surface area (Å²) in [5.74, 6) is 7.43. The molecule has 0 radical (unpaired) electrons. The first kappa shape index (κ1) is 13.2. The Morgan fingerprint density at radius 3 is 2.83 bits per heavy atom. The number of hydrazine groups is 1. The molecule has 1 aliphatic carbocycles. The molecule has 2 rings (SSSR count). The third kappa shape index (κ3) is 3.40. The van der Waals surface area contributed by atoms with E-state index in [-0.39, 0.29) is 0 Å². The van der Waals surface area contributed by atoms with Crippen molar-refractivity contribution in [3.05, 3.63) is 17.6 Å². The van der Waals surface area contributed by atoms with Gasteiger partial charge in [-0.05, 0) is 19.3 Å². The topological polar surface area (TPSA) is 73.1 Å². The standard InChI is InChI=1S/C13H22N4O/c1-2-7-18-9-13-15-11(8-12(16-13)17-14)10-5-3-4-6-10/h8,10H,2-7,9,14H2,1H3,(H,15,16,17). The van der Waals surface area contributed by atoms with Crippen LogP contribution in [0.3, 0.4) is 0 Å². The minimum Gasteiger partial charge on any atom is -0.373 e. The van der Waals surface area contributed by atoms with Crippen molar-refractivity contribution in [2.75, 3.05) is 12.0 Å². The van der Waals surface area contributed by atoms with Crippen molar-refractivity contribution in [3.8, 4) is 0 Å². The van der Waals surface area contributed by atoms with Crippen LogP contribution in [-0.2, 0) is 11.3 Å². The number of nitrogens with two attached hydrogens (primary N) is 1. The Balaban J connectivity index is 2.10. The number of nitrogens with zero attached hydrogens (tertiary/aromatic N) is 2. The summed E-state index contributed by atoms with van der Waals surface area (Å²) >= 11 is 0. The predicted octanol–water partition coefficient (Wildman–Crippen LogP) is 2.35. The molecule has 1 fully saturated rings. The Bertz CT molecular complexity index is 377. The van der Waals surface area contributed by atoms with Gasteiger partial charge in [0.1, 0.15) is 12.4 Å². The lowest BCUT2D eigenvalue weighted by molar-refractivity contribution is 0.116. The Morgan fingerprint density at radius 1 is 1.39 bits per heavy atom. The van der Waals surface area contributed by atoms with Crippen LogP contribution in [0.2, 0.25) is 0 Å². The van der Waals surface area contributed by atoms with E-state index in [0.29, 0.717) is 18.3 Å². The lowest BCUT2D eigenvalue weighted by Crippen LogP contribution is -2.13. The number of aromatic nitrogens is 2. The van der Waals surface area contributed by atoms with Gasteiger partial charge in [-0.25, -0.2) is 15.8 Å². The highest BCUT2D eigenvalue weighted by Gasteiger charge is 2.19. The molecule has 0 amide bonds. The van der Waals surface area contributed by atoms with Crippen LogP contribution in [0.25, 0.3) is 0 Å². The molecule has 0 aromatic carbocycles. The molecule has 0 spiro atoms. The molecule has 1 aromatic rings. The largest absolute Gasteiger partial charge is 0.373 e. The van der Waals surface area contributed by atoms with Crippen LogP contribution in [0.1, 0.15) is 56.5 Å². The molecule has 0 unspecified atom stereocenters. The zero-order valence-corrected chi connectivity index (χ0v) is 11.0. The maximum Gasteiger partial charge on any atom is 0.156 e. The highest BCUT2D eigenvalue weighted by atomic mass is 16.5. The smallest absolute Gasteiger partial charge is 0.156 e. The molecule has 3 N–H and O–H groups in total. The molecule has 1 heterocycles. The summed E-state index contributed by atoms with van der Waals surface area (Å²) in [6.07, 6.45) is 6.03. The summed E-state index contributed by atoms with van der Waals surface area (Å²) in [4.78, 5) is 8.93. The number of nitrogens with one attached hydrogen (secondary N) is 1. The van der Waals surface area contributed by atoms with E-state index in [0.717, 1.165) is 24.5 Å². The fourth-order valence-electron chi connectivity index (χ4n) is 2.39. The number of nitrogen functional groups attached to an aromatic ring is 1. The summed E-state index contributed by atoms with van der Waals surface area (Å²) in [5.41, 5.74) is 3.72. The van der Waals surface area contributed by atoms with E-state index in [1.54, 1.807) is 0 Å². The lowest BCUT2D eigenvalue weighted by Gasteiger charge is -2.12. The van der Waals surface area contributed by atoms with Crippen LogP contribution in [-0.4, -0.2) is 16.6 Å². The van der Waals surface area contributed by atoms with E-state index < -0.39 is 0 Å². The third-order valence-corrected chi connectivity index (χ3v) is 3.29. The average molecular weight is 250 g/mol. The lowest BCUT2D eigenvalue weighted by atomic mass is 10.0. The van der Waals surface area contributed by atoms with Crippen molar-refractivity contribution >= 4 is 5.82 Å². The summed E-state index contributed by atoms with van der Waals surface area (Å²) < 4.78 is 5.49. The molecule has 5 heteroatoms. The van der Waals surface area contributed by atoms with E-state index in [9.17, 15) is 0 Å². The van der Waals surface area contributed by atoms with Gasteiger partial charge in [-0.15, -0.1) is 0 Å². The summed E-state index contributed by atoms with van der Waals surface area (Å²) in [5, 5.41) is 0. The van der Waals surface area contributed by atoms with Crippen LogP contribution < -0.4 is 11.3 Å². The number of anilines is 1. The summed E-state index contributed by atoms with van der Waals surface area (Å²) in [6.45, 7) is 3.29. The molecular weight excluding hydrogens is 228 g/mol. The second kappa shape index (κ2) is 6.66. The quantitative estimate of drug-likeness (QED) is 0.460. The van der Waals surface area contributed by atoms with E-state index in [2.05, 4.69) is 22.3 Å². The van der Waals surface area contributed by atoms with Gasteiger partial charge in [0, 0.05) is 24.3 Å². The average Bonchev–Trinajstić information content (AvgIpc) is 2.92. The van der Waals surface area contributed by atoms with Gasteiger partial charge in [0.25, 0.3) is 0 Å². The zero-order chi connectivity index (χ0) is 12.8. The Kier molecular flexibility index (Phi) is 4.90. The molecule has 100 valence electrons. The van der Waals surface area contributed by atoms with Crippen molar-refractivity contribution < 1.29 is 4.74 Å².